The number of aliphatic hydroxyl groups is 1. The lowest BCUT2D eigenvalue weighted by atomic mass is 9.87. The second-order valence-electron chi connectivity index (χ2n) is 6.66. The average Bonchev–Trinajstić information content (AvgIpc) is 2.36. The molecule has 3 N–H and O–H groups in total. The molecule has 1 rings (SSSR count). The molecular formula is C15H32N2O. The van der Waals surface area contributed by atoms with E-state index in [0.29, 0.717) is 18.7 Å². The highest BCUT2D eigenvalue weighted by molar-refractivity contribution is 4.79. The highest BCUT2D eigenvalue weighted by Gasteiger charge is 2.20. The fraction of sp³-hybridized carbons (Fsp3) is 1.00. The lowest BCUT2D eigenvalue weighted by Crippen LogP contribution is -2.42. The molecule has 1 heterocycles. The summed E-state index contributed by atoms with van der Waals surface area (Å²) in [6, 6.07) is 1.29. The maximum Gasteiger partial charge on any atom is 0.0431 e. The molecule has 0 saturated carbocycles. The summed E-state index contributed by atoms with van der Waals surface area (Å²) in [5.41, 5.74) is 0.289. The Balaban J connectivity index is 2.16. The van der Waals surface area contributed by atoms with Crippen LogP contribution in [-0.4, -0.2) is 36.9 Å². The molecule has 1 aliphatic rings. The maximum absolute atomic E-state index is 8.89. The minimum absolute atomic E-state index is 0.289. The summed E-state index contributed by atoms with van der Waals surface area (Å²) in [5, 5.41) is 16.2. The van der Waals surface area contributed by atoms with Crippen LogP contribution < -0.4 is 10.6 Å². The Kier molecular flexibility index (Phi) is 7.20. The van der Waals surface area contributed by atoms with E-state index >= 15 is 0 Å². The van der Waals surface area contributed by atoms with Gasteiger partial charge in [-0.15, -0.1) is 0 Å². The third kappa shape index (κ3) is 6.72. The summed E-state index contributed by atoms with van der Waals surface area (Å²) in [6.45, 7) is 9.39. The van der Waals surface area contributed by atoms with Crippen LogP contribution in [0.1, 0.15) is 59.3 Å². The molecule has 108 valence electrons. The fourth-order valence-corrected chi connectivity index (χ4v) is 2.73. The van der Waals surface area contributed by atoms with E-state index < -0.39 is 0 Å². The van der Waals surface area contributed by atoms with Gasteiger partial charge in [0.25, 0.3) is 0 Å². The van der Waals surface area contributed by atoms with Gasteiger partial charge in [0.2, 0.25) is 0 Å². The first-order valence-corrected chi connectivity index (χ1v) is 7.61. The van der Waals surface area contributed by atoms with Gasteiger partial charge in [-0.3, -0.25) is 0 Å². The van der Waals surface area contributed by atoms with Gasteiger partial charge in [-0.2, -0.15) is 0 Å². The molecule has 0 aliphatic carbocycles. The zero-order valence-corrected chi connectivity index (χ0v) is 12.5. The zero-order chi connectivity index (χ0) is 13.4. The molecule has 2 unspecified atom stereocenters. The van der Waals surface area contributed by atoms with Crippen molar-refractivity contribution in [2.75, 3.05) is 19.7 Å². The monoisotopic (exact) mass is 256 g/mol. The maximum atomic E-state index is 8.89. The summed E-state index contributed by atoms with van der Waals surface area (Å²) in [4.78, 5) is 0. The van der Waals surface area contributed by atoms with Crippen LogP contribution in [0.4, 0.5) is 0 Å². The third-order valence-corrected chi connectivity index (χ3v) is 3.99. The first kappa shape index (κ1) is 15.9. The van der Waals surface area contributed by atoms with E-state index in [4.69, 9.17) is 5.11 Å². The van der Waals surface area contributed by atoms with Crippen molar-refractivity contribution in [3.63, 3.8) is 0 Å². The zero-order valence-electron chi connectivity index (χ0n) is 12.5. The number of rotatable bonds is 8. The number of aliphatic hydroxyl groups excluding tert-OH is 1. The molecule has 18 heavy (non-hydrogen) atoms. The van der Waals surface area contributed by atoms with Crippen LogP contribution in [-0.2, 0) is 0 Å². The molecule has 2 atom stereocenters. The Morgan fingerprint density at radius 3 is 2.78 bits per heavy atom. The number of piperidine rings is 1. The van der Waals surface area contributed by atoms with Gasteiger partial charge in [0, 0.05) is 25.2 Å². The van der Waals surface area contributed by atoms with E-state index in [-0.39, 0.29) is 5.41 Å². The van der Waals surface area contributed by atoms with Gasteiger partial charge >= 0.3 is 0 Å². The Hall–Kier alpha value is -0.120. The summed E-state index contributed by atoms with van der Waals surface area (Å²) in [6.07, 6.45) is 7.28. The first-order chi connectivity index (χ1) is 8.53. The smallest absolute Gasteiger partial charge is 0.0431 e. The SMILES string of the molecule is CC(CC1CCCCN1)NCC(C)(C)CCCO. The second-order valence-corrected chi connectivity index (χ2v) is 6.66. The third-order valence-electron chi connectivity index (χ3n) is 3.99. The fourth-order valence-electron chi connectivity index (χ4n) is 2.73. The molecule has 0 spiro atoms. The molecule has 3 nitrogen and oxygen atoms in total. The van der Waals surface area contributed by atoms with Crippen LogP contribution in [0.3, 0.4) is 0 Å². The molecule has 0 amide bonds. The van der Waals surface area contributed by atoms with Crippen molar-refractivity contribution in [2.45, 2.75) is 71.4 Å². The number of nitrogens with one attached hydrogen (secondary N) is 2. The highest BCUT2D eigenvalue weighted by Crippen LogP contribution is 2.21. The predicted molar refractivity (Wildman–Crippen MR) is 77.8 cm³/mol. The molecule has 1 aliphatic heterocycles. The van der Waals surface area contributed by atoms with Crippen LogP contribution in [0.2, 0.25) is 0 Å². The Labute approximate surface area is 113 Å². The molecule has 1 fully saturated rings. The largest absolute Gasteiger partial charge is 0.396 e. The molecule has 0 aromatic heterocycles. The summed E-state index contributed by atoms with van der Waals surface area (Å²) in [5.74, 6) is 0. The van der Waals surface area contributed by atoms with Crippen molar-refractivity contribution in [3.05, 3.63) is 0 Å². The molecule has 0 radical (unpaired) electrons. The summed E-state index contributed by atoms with van der Waals surface area (Å²) >= 11 is 0. The van der Waals surface area contributed by atoms with Crippen LogP contribution in [0.5, 0.6) is 0 Å². The van der Waals surface area contributed by atoms with Crippen LogP contribution in [0.25, 0.3) is 0 Å². The molecule has 0 aromatic rings. The lowest BCUT2D eigenvalue weighted by molar-refractivity contribution is 0.229. The second kappa shape index (κ2) is 8.13. The van der Waals surface area contributed by atoms with E-state index in [9.17, 15) is 0 Å². The number of hydrogen-bond donors (Lipinski definition) is 3. The van der Waals surface area contributed by atoms with Crippen LogP contribution in [0.15, 0.2) is 0 Å². The van der Waals surface area contributed by atoms with Gasteiger partial charge in [0.15, 0.2) is 0 Å². The lowest BCUT2D eigenvalue weighted by Gasteiger charge is -2.30. The van der Waals surface area contributed by atoms with Gasteiger partial charge in [-0.1, -0.05) is 20.3 Å². The quantitative estimate of drug-likeness (QED) is 0.624. The van der Waals surface area contributed by atoms with Gasteiger partial charge in [-0.05, 0) is 51.0 Å². The van der Waals surface area contributed by atoms with Gasteiger partial charge in [-0.25, -0.2) is 0 Å². The Bertz CT molecular complexity index is 213. The summed E-state index contributed by atoms with van der Waals surface area (Å²) < 4.78 is 0. The van der Waals surface area contributed by atoms with Crippen molar-refractivity contribution in [1.82, 2.24) is 10.6 Å². The van der Waals surface area contributed by atoms with E-state index in [1.807, 2.05) is 0 Å². The average molecular weight is 256 g/mol. The highest BCUT2D eigenvalue weighted by atomic mass is 16.2. The van der Waals surface area contributed by atoms with Crippen molar-refractivity contribution in [2.24, 2.45) is 5.41 Å². The van der Waals surface area contributed by atoms with E-state index in [2.05, 4.69) is 31.4 Å². The van der Waals surface area contributed by atoms with Crippen LogP contribution in [0, 0.1) is 5.41 Å². The van der Waals surface area contributed by atoms with Crippen molar-refractivity contribution < 1.29 is 5.11 Å². The van der Waals surface area contributed by atoms with Crippen LogP contribution >= 0.6 is 0 Å². The number of hydrogen-bond acceptors (Lipinski definition) is 3. The van der Waals surface area contributed by atoms with Crippen molar-refractivity contribution in [1.29, 1.82) is 0 Å². The molecule has 0 bridgehead atoms. The molecule has 0 aromatic carbocycles. The van der Waals surface area contributed by atoms with Crippen molar-refractivity contribution in [3.8, 4) is 0 Å². The molecule has 3 heteroatoms. The summed E-state index contributed by atoms with van der Waals surface area (Å²) in [7, 11) is 0. The van der Waals surface area contributed by atoms with Gasteiger partial charge in [0.1, 0.15) is 0 Å². The van der Waals surface area contributed by atoms with E-state index in [1.54, 1.807) is 0 Å². The standard InChI is InChI=1S/C15H32N2O/c1-13(11-14-7-4-5-9-16-14)17-12-15(2,3)8-6-10-18/h13-14,16-18H,4-12H2,1-3H3. The normalized spacial score (nSPS) is 23.0. The molecule has 1 saturated heterocycles. The first-order valence-electron chi connectivity index (χ1n) is 7.61. The van der Waals surface area contributed by atoms with Gasteiger partial charge in [0.05, 0.1) is 0 Å². The Morgan fingerprint density at radius 2 is 2.17 bits per heavy atom. The molecular weight excluding hydrogens is 224 g/mol. The van der Waals surface area contributed by atoms with E-state index in [1.165, 1.54) is 32.2 Å². The Morgan fingerprint density at radius 1 is 1.39 bits per heavy atom. The van der Waals surface area contributed by atoms with Crippen molar-refractivity contribution >= 4 is 0 Å². The minimum Gasteiger partial charge on any atom is -0.396 e. The van der Waals surface area contributed by atoms with E-state index in [0.717, 1.165) is 19.4 Å². The predicted octanol–water partition coefficient (Wildman–Crippen LogP) is 2.30. The topological polar surface area (TPSA) is 44.3 Å². The van der Waals surface area contributed by atoms with Gasteiger partial charge < -0.3 is 15.7 Å². The minimum atomic E-state index is 0.289.